The van der Waals surface area contributed by atoms with Crippen molar-refractivity contribution in [3.05, 3.63) is 47.4 Å². The fourth-order valence-electron chi connectivity index (χ4n) is 3.13. The van der Waals surface area contributed by atoms with Gasteiger partial charge in [-0.2, -0.15) is 0 Å². The summed E-state index contributed by atoms with van der Waals surface area (Å²) in [5.41, 5.74) is 0.989. The molecule has 0 spiro atoms. The van der Waals surface area contributed by atoms with Crippen LogP contribution in [0.25, 0.3) is 10.2 Å². The van der Waals surface area contributed by atoms with Gasteiger partial charge >= 0.3 is 0 Å². The molecule has 0 bridgehead atoms. The topological polar surface area (TPSA) is 70.9 Å². The van der Waals surface area contributed by atoms with E-state index in [-0.39, 0.29) is 12.1 Å². The number of nitrogens with zero attached hydrogens (tertiary/aromatic N) is 3. The number of aryl methyl sites for hydroxylation is 1. The van der Waals surface area contributed by atoms with E-state index in [9.17, 15) is 5.11 Å². The Morgan fingerprint density at radius 1 is 1.26 bits per heavy atom. The van der Waals surface area contributed by atoms with Crippen LogP contribution in [-0.4, -0.2) is 26.2 Å². The highest BCUT2D eigenvalue weighted by molar-refractivity contribution is 7.18. The van der Waals surface area contributed by atoms with Crippen LogP contribution in [0.1, 0.15) is 29.5 Å². The molecule has 3 aromatic heterocycles. The van der Waals surface area contributed by atoms with Gasteiger partial charge in [0.25, 0.3) is 0 Å². The van der Waals surface area contributed by atoms with Gasteiger partial charge in [-0.25, -0.2) is 9.97 Å². The third-order valence-corrected chi connectivity index (χ3v) is 5.33. The van der Waals surface area contributed by atoms with Crippen LogP contribution in [0.15, 0.2) is 36.8 Å². The van der Waals surface area contributed by atoms with E-state index in [0.29, 0.717) is 5.92 Å². The molecule has 118 valence electrons. The SMILES string of the molecule is Cc1cc2c(NC(c3ccccn3)C3CC(O)C3)ncnc2s1. The van der Waals surface area contributed by atoms with Gasteiger partial charge in [0.2, 0.25) is 0 Å². The lowest BCUT2D eigenvalue weighted by Crippen LogP contribution is -2.36. The molecule has 2 N–H and O–H groups in total. The summed E-state index contributed by atoms with van der Waals surface area (Å²) in [5, 5.41) is 14.3. The highest BCUT2D eigenvalue weighted by atomic mass is 32.1. The normalized spacial score (nSPS) is 21.8. The molecule has 0 saturated heterocycles. The van der Waals surface area contributed by atoms with Crippen LogP contribution in [0, 0.1) is 12.8 Å². The van der Waals surface area contributed by atoms with E-state index in [1.165, 1.54) is 4.88 Å². The van der Waals surface area contributed by atoms with E-state index in [4.69, 9.17) is 0 Å². The summed E-state index contributed by atoms with van der Waals surface area (Å²) in [6.07, 6.45) is 4.81. The van der Waals surface area contributed by atoms with Crippen molar-refractivity contribution in [2.24, 2.45) is 5.92 Å². The molecule has 1 aliphatic rings. The summed E-state index contributed by atoms with van der Waals surface area (Å²) in [6, 6.07) is 8.11. The predicted octanol–water partition coefficient (Wildman–Crippen LogP) is 3.32. The predicted molar refractivity (Wildman–Crippen MR) is 91.5 cm³/mol. The van der Waals surface area contributed by atoms with Crippen molar-refractivity contribution in [1.82, 2.24) is 15.0 Å². The van der Waals surface area contributed by atoms with Gasteiger partial charge in [0.15, 0.2) is 0 Å². The van der Waals surface area contributed by atoms with Crippen LogP contribution < -0.4 is 5.32 Å². The number of anilines is 1. The maximum Gasteiger partial charge on any atom is 0.138 e. The summed E-state index contributed by atoms with van der Waals surface area (Å²) in [5.74, 6) is 1.21. The molecule has 4 rings (SSSR count). The quantitative estimate of drug-likeness (QED) is 0.769. The van der Waals surface area contributed by atoms with Crippen LogP contribution in [0.2, 0.25) is 0 Å². The number of nitrogens with one attached hydrogen (secondary N) is 1. The first kappa shape index (κ1) is 14.5. The van der Waals surface area contributed by atoms with Gasteiger partial charge in [-0.05, 0) is 43.9 Å². The molecule has 3 heterocycles. The van der Waals surface area contributed by atoms with Crippen molar-refractivity contribution < 1.29 is 5.11 Å². The number of rotatable bonds is 4. The molecule has 1 fully saturated rings. The molecular formula is C17H18N4OS. The minimum absolute atomic E-state index is 0.0536. The third kappa shape index (κ3) is 2.80. The Morgan fingerprint density at radius 3 is 2.87 bits per heavy atom. The Kier molecular flexibility index (Phi) is 3.71. The standard InChI is InChI=1S/C17H18N4OS/c1-10-6-13-16(19-9-20-17(13)23-10)21-15(11-7-12(22)8-11)14-4-2-3-5-18-14/h2-6,9,11-12,15,22H,7-8H2,1H3,(H,19,20,21). The molecule has 0 amide bonds. The molecular weight excluding hydrogens is 308 g/mol. The van der Waals surface area contributed by atoms with Crippen molar-refractivity contribution >= 4 is 27.4 Å². The third-order valence-electron chi connectivity index (χ3n) is 4.37. The maximum absolute atomic E-state index is 9.68. The number of aromatic nitrogens is 3. The number of fused-ring (bicyclic) bond motifs is 1. The van der Waals surface area contributed by atoms with Crippen LogP contribution in [-0.2, 0) is 0 Å². The average molecular weight is 326 g/mol. The van der Waals surface area contributed by atoms with Crippen LogP contribution in [0.4, 0.5) is 5.82 Å². The Balaban J connectivity index is 1.69. The average Bonchev–Trinajstić information content (AvgIpc) is 2.92. The zero-order valence-electron chi connectivity index (χ0n) is 12.8. The van der Waals surface area contributed by atoms with Crippen LogP contribution in [0.3, 0.4) is 0 Å². The largest absolute Gasteiger partial charge is 0.393 e. The number of hydrogen-bond donors (Lipinski definition) is 2. The molecule has 5 nitrogen and oxygen atoms in total. The molecule has 0 aliphatic heterocycles. The molecule has 0 radical (unpaired) electrons. The Bertz CT molecular complexity index is 814. The van der Waals surface area contributed by atoms with Crippen molar-refractivity contribution in [2.45, 2.75) is 31.9 Å². The Labute approximate surface area is 138 Å². The summed E-state index contributed by atoms with van der Waals surface area (Å²) in [7, 11) is 0. The van der Waals surface area contributed by atoms with Crippen molar-refractivity contribution in [3.8, 4) is 0 Å². The van der Waals surface area contributed by atoms with Crippen molar-refractivity contribution in [2.75, 3.05) is 5.32 Å². The van der Waals surface area contributed by atoms with Crippen molar-refractivity contribution in [1.29, 1.82) is 0 Å². The Hall–Kier alpha value is -2.05. The van der Waals surface area contributed by atoms with Gasteiger partial charge in [-0.1, -0.05) is 6.07 Å². The molecule has 1 aliphatic carbocycles. The number of pyridine rings is 1. The fourth-order valence-corrected chi connectivity index (χ4v) is 3.98. The number of aliphatic hydroxyl groups excluding tert-OH is 1. The van der Waals surface area contributed by atoms with E-state index in [0.717, 1.165) is 34.6 Å². The first-order valence-electron chi connectivity index (χ1n) is 7.77. The monoisotopic (exact) mass is 326 g/mol. The summed E-state index contributed by atoms with van der Waals surface area (Å²) in [6.45, 7) is 2.08. The van der Waals surface area contributed by atoms with E-state index in [1.807, 2.05) is 24.4 Å². The lowest BCUT2D eigenvalue weighted by molar-refractivity contribution is 0.0334. The number of thiophene rings is 1. The second-order valence-corrected chi connectivity index (χ2v) is 7.29. The fraction of sp³-hybridized carbons (Fsp3) is 0.353. The van der Waals surface area contributed by atoms with Gasteiger partial charge in [0.05, 0.1) is 23.2 Å². The first-order chi connectivity index (χ1) is 11.2. The van der Waals surface area contributed by atoms with E-state index < -0.39 is 0 Å². The van der Waals surface area contributed by atoms with Gasteiger partial charge in [-0.3, -0.25) is 4.98 Å². The van der Waals surface area contributed by atoms with Crippen LogP contribution >= 0.6 is 11.3 Å². The maximum atomic E-state index is 9.68. The van der Waals surface area contributed by atoms with Gasteiger partial charge < -0.3 is 10.4 Å². The van der Waals surface area contributed by atoms with E-state index in [2.05, 4.69) is 33.3 Å². The Morgan fingerprint density at radius 2 is 2.13 bits per heavy atom. The van der Waals surface area contributed by atoms with E-state index >= 15 is 0 Å². The zero-order chi connectivity index (χ0) is 15.8. The second-order valence-electron chi connectivity index (χ2n) is 6.06. The molecule has 1 atom stereocenters. The zero-order valence-corrected chi connectivity index (χ0v) is 13.6. The molecule has 1 saturated carbocycles. The molecule has 6 heteroatoms. The highest BCUT2D eigenvalue weighted by Gasteiger charge is 2.35. The van der Waals surface area contributed by atoms with Crippen LogP contribution in [0.5, 0.6) is 0 Å². The molecule has 3 aromatic rings. The summed E-state index contributed by atoms with van der Waals surface area (Å²) < 4.78 is 0. The van der Waals surface area contributed by atoms with E-state index in [1.54, 1.807) is 17.7 Å². The summed E-state index contributed by atoms with van der Waals surface area (Å²) in [4.78, 5) is 15.5. The van der Waals surface area contributed by atoms with Gasteiger partial charge in [0, 0.05) is 11.1 Å². The lowest BCUT2D eigenvalue weighted by Gasteiger charge is -2.38. The summed E-state index contributed by atoms with van der Waals surface area (Å²) >= 11 is 1.67. The number of aliphatic hydroxyl groups is 1. The highest BCUT2D eigenvalue weighted by Crippen LogP contribution is 2.40. The van der Waals surface area contributed by atoms with Gasteiger partial charge in [-0.15, -0.1) is 11.3 Å². The minimum atomic E-state index is -0.193. The lowest BCUT2D eigenvalue weighted by atomic mass is 9.76. The van der Waals surface area contributed by atoms with Crippen molar-refractivity contribution in [3.63, 3.8) is 0 Å². The number of hydrogen-bond acceptors (Lipinski definition) is 6. The smallest absolute Gasteiger partial charge is 0.138 e. The second kappa shape index (κ2) is 5.86. The van der Waals surface area contributed by atoms with Gasteiger partial charge in [0.1, 0.15) is 17.0 Å². The minimum Gasteiger partial charge on any atom is -0.393 e. The molecule has 0 aromatic carbocycles. The first-order valence-corrected chi connectivity index (χ1v) is 8.59. The molecule has 1 unspecified atom stereocenters. The molecule has 23 heavy (non-hydrogen) atoms.